The highest BCUT2D eigenvalue weighted by molar-refractivity contribution is 7.47. The minimum absolute atomic E-state index is 0.00000642. The van der Waals surface area contributed by atoms with Gasteiger partial charge in [-0.25, -0.2) is 4.57 Å². The van der Waals surface area contributed by atoms with E-state index in [0.717, 1.165) is 90.0 Å². The third-order valence-electron chi connectivity index (χ3n) is 8.34. The molecule has 1 heterocycles. The number of allylic oxidation sites excluding steroid dienone is 2. The van der Waals surface area contributed by atoms with Gasteiger partial charge in [-0.1, -0.05) is 75.7 Å². The lowest BCUT2D eigenvalue weighted by molar-refractivity contribution is -0.150. The predicted molar refractivity (Wildman–Crippen MR) is 197 cm³/mol. The highest BCUT2D eigenvalue weighted by atomic mass is 31.2. The minimum atomic E-state index is -4.19. The molecule has 0 bridgehead atoms. The molecule has 1 aliphatic rings. The third-order valence-corrected chi connectivity index (χ3v) is 9.36. The number of carbonyl (C=O) groups is 3. The zero-order valence-electron chi connectivity index (χ0n) is 31.2. The number of phosphoric acid groups is 1. The van der Waals surface area contributed by atoms with Crippen LogP contribution in [0.1, 0.15) is 148 Å². The van der Waals surface area contributed by atoms with Crippen LogP contribution in [0, 0.1) is 0 Å². The largest absolute Gasteiger partial charge is 0.472 e. The molecule has 1 rings (SSSR count). The molecule has 0 amide bonds. The Morgan fingerprint density at radius 1 is 0.700 bits per heavy atom. The lowest BCUT2D eigenvalue weighted by atomic mass is 10.0. The van der Waals surface area contributed by atoms with E-state index in [1.54, 1.807) is 0 Å². The van der Waals surface area contributed by atoms with Crippen LogP contribution >= 0.6 is 7.82 Å². The molecule has 0 spiro atoms. The Labute approximate surface area is 302 Å². The van der Waals surface area contributed by atoms with Gasteiger partial charge in [0.05, 0.1) is 39.3 Å². The number of esters is 3. The fourth-order valence-corrected chi connectivity index (χ4v) is 6.27. The highest BCUT2D eigenvalue weighted by Crippen LogP contribution is 2.43. The average Bonchev–Trinajstić information content (AvgIpc) is 3.06. The van der Waals surface area contributed by atoms with Crippen molar-refractivity contribution in [2.45, 2.75) is 154 Å². The zero-order chi connectivity index (χ0) is 36.5. The lowest BCUT2D eigenvalue weighted by Crippen LogP contribution is -2.20. The van der Waals surface area contributed by atoms with Crippen molar-refractivity contribution < 1.29 is 47.1 Å². The fourth-order valence-electron chi connectivity index (χ4n) is 5.47. The van der Waals surface area contributed by atoms with Crippen LogP contribution in [0.3, 0.4) is 0 Å². The second-order valence-electron chi connectivity index (χ2n) is 13.4. The van der Waals surface area contributed by atoms with E-state index < -0.39 is 7.82 Å². The molecule has 0 fully saturated rings. The van der Waals surface area contributed by atoms with Gasteiger partial charge in [0, 0.05) is 12.8 Å². The summed E-state index contributed by atoms with van der Waals surface area (Å²) in [6.07, 6.45) is 27.9. The Hall–Kier alpha value is -2.04. The van der Waals surface area contributed by atoms with Gasteiger partial charge in [0.15, 0.2) is 0 Å². The summed E-state index contributed by atoms with van der Waals surface area (Å²) in [5, 5.41) is 0. The van der Waals surface area contributed by atoms with Gasteiger partial charge >= 0.3 is 25.7 Å². The Morgan fingerprint density at radius 3 is 1.70 bits per heavy atom. The molecule has 50 heavy (non-hydrogen) atoms. The molecule has 11 nitrogen and oxygen atoms in total. The lowest BCUT2D eigenvalue weighted by Gasteiger charge is -2.18. The Bertz CT molecular complexity index is 987. The van der Waals surface area contributed by atoms with Gasteiger partial charge in [0.1, 0.15) is 6.10 Å². The highest BCUT2D eigenvalue weighted by Gasteiger charge is 2.20. The summed E-state index contributed by atoms with van der Waals surface area (Å²) in [7, 11) is -0.159. The van der Waals surface area contributed by atoms with Crippen LogP contribution in [0.5, 0.6) is 0 Å². The molecule has 0 aliphatic carbocycles. The monoisotopic (exact) mass is 729 g/mol. The molecule has 1 N–H and O–H groups in total. The molecule has 0 saturated heterocycles. The van der Waals surface area contributed by atoms with Crippen LogP contribution in [0.4, 0.5) is 0 Å². The molecule has 0 aromatic rings. The van der Waals surface area contributed by atoms with E-state index in [1.807, 2.05) is 38.4 Å². The average molecular weight is 730 g/mol. The second-order valence-corrected chi connectivity index (χ2v) is 14.9. The number of carbonyl (C=O) groups excluding carboxylic acids is 3. The van der Waals surface area contributed by atoms with Crippen LogP contribution in [0.2, 0.25) is 0 Å². The molecule has 290 valence electrons. The molecular weight excluding hydrogens is 661 g/mol. The van der Waals surface area contributed by atoms with Crippen LogP contribution in [0.15, 0.2) is 24.3 Å². The van der Waals surface area contributed by atoms with Crippen molar-refractivity contribution in [3.63, 3.8) is 0 Å². The smallest absolute Gasteiger partial charge is 0.465 e. The minimum Gasteiger partial charge on any atom is -0.465 e. The summed E-state index contributed by atoms with van der Waals surface area (Å²) in [4.78, 5) is 48.3. The van der Waals surface area contributed by atoms with Crippen LogP contribution in [0.25, 0.3) is 0 Å². The van der Waals surface area contributed by atoms with Crippen molar-refractivity contribution in [2.24, 2.45) is 0 Å². The van der Waals surface area contributed by atoms with Gasteiger partial charge in [-0.3, -0.25) is 23.4 Å². The Kier molecular flexibility index (Phi) is 29.1. The number of hydrogen-bond donors (Lipinski definition) is 1. The van der Waals surface area contributed by atoms with E-state index in [4.69, 9.17) is 23.3 Å². The number of cyclic esters (lactones) is 2. The van der Waals surface area contributed by atoms with E-state index in [2.05, 4.69) is 4.90 Å². The van der Waals surface area contributed by atoms with Crippen molar-refractivity contribution >= 4 is 25.7 Å². The number of ether oxygens (including phenoxy) is 3. The Balaban J connectivity index is 2.49. The first-order valence-corrected chi connectivity index (χ1v) is 20.7. The molecule has 2 unspecified atom stereocenters. The van der Waals surface area contributed by atoms with Crippen molar-refractivity contribution in [3.8, 4) is 0 Å². The van der Waals surface area contributed by atoms with E-state index in [-0.39, 0.29) is 69.7 Å². The number of hydrogen-bond acceptors (Lipinski definition) is 10. The summed E-state index contributed by atoms with van der Waals surface area (Å²) in [6.45, 7) is 1.11. The van der Waals surface area contributed by atoms with Crippen molar-refractivity contribution in [3.05, 3.63) is 24.3 Å². The van der Waals surface area contributed by atoms with Gasteiger partial charge in [-0.05, 0) is 91.3 Å². The molecule has 0 aromatic heterocycles. The topological polar surface area (TPSA) is 138 Å². The van der Waals surface area contributed by atoms with E-state index in [1.165, 1.54) is 25.7 Å². The standard InChI is InChI=1S/C38H68NO10P/c1-39(2)30-23-29-38(42)49-35-25-17-13-9-5-3-7-11-15-19-27-36(40)45-31-21-22-33-47-50(43,44)48-34-24-32-46-37(41)28-20-16-12-8-4-6-10-14-18-26-35/h15-16,19-20,35H,3-14,17-18,21-34H2,1-2H3,(H,43,44)/b19-15-,20-16-. The number of nitrogens with zero attached hydrogens (tertiary/aromatic N) is 1. The van der Waals surface area contributed by atoms with Gasteiger partial charge in [0.2, 0.25) is 0 Å². The van der Waals surface area contributed by atoms with E-state index >= 15 is 0 Å². The molecule has 0 radical (unpaired) electrons. The number of rotatable bonds is 5. The van der Waals surface area contributed by atoms with Crippen LogP contribution < -0.4 is 0 Å². The third kappa shape index (κ3) is 30.8. The zero-order valence-corrected chi connectivity index (χ0v) is 32.1. The van der Waals surface area contributed by atoms with Gasteiger partial charge in [-0.15, -0.1) is 0 Å². The van der Waals surface area contributed by atoms with Gasteiger partial charge in [0.25, 0.3) is 0 Å². The first-order valence-electron chi connectivity index (χ1n) is 19.3. The van der Waals surface area contributed by atoms with Crippen molar-refractivity contribution in [2.75, 3.05) is 47.1 Å². The maximum Gasteiger partial charge on any atom is 0.472 e. The van der Waals surface area contributed by atoms with Crippen molar-refractivity contribution in [1.82, 2.24) is 4.90 Å². The molecule has 0 saturated carbocycles. The molecule has 2 atom stereocenters. The fraction of sp³-hybridized carbons (Fsp3) is 0.816. The summed E-state index contributed by atoms with van der Waals surface area (Å²) in [6, 6.07) is 0. The van der Waals surface area contributed by atoms with Crippen LogP contribution in [-0.2, 0) is 42.2 Å². The first kappa shape index (κ1) is 46.0. The molecular formula is C38H68NO10P. The molecule has 1 aliphatic heterocycles. The summed E-state index contributed by atoms with van der Waals surface area (Å²) < 4.78 is 38.2. The molecule has 0 aromatic carbocycles. The van der Waals surface area contributed by atoms with Gasteiger partial charge < -0.3 is 24.0 Å². The van der Waals surface area contributed by atoms with Crippen LogP contribution in [-0.4, -0.2) is 80.9 Å². The Morgan fingerprint density at radius 2 is 1.16 bits per heavy atom. The number of phosphoric ester groups is 1. The van der Waals surface area contributed by atoms with Crippen molar-refractivity contribution in [1.29, 1.82) is 0 Å². The second kappa shape index (κ2) is 31.7. The molecule has 12 heteroatoms. The predicted octanol–water partition coefficient (Wildman–Crippen LogP) is 8.78. The quantitative estimate of drug-likeness (QED) is 0.126. The maximum absolute atomic E-state index is 12.5. The summed E-state index contributed by atoms with van der Waals surface area (Å²) in [5.41, 5.74) is 0. The van der Waals surface area contributed by atoms with E-state index in [0.29, 0.717) is 19.3 Å². The normalized spacial score (nSPS) is 25.7. The van der Waals surface area contributed by atoms with E-state index in [9.17, 15) is 23.8 Å². The van der Waals surface area contributed by atoms with Gasteiger partial charge in [-0.2, -0.15) is 0 Å². The summed E-state index contributed by atoms with van der Waals surface area (Å²) in [5.74, 6) is -0.719. The SMILES string of the molecule is CN(C)CCCC(=O)OC1CCCCCCCC/C=C\CC(=O)OCCCCOP(=O)(O)OCCCOC(=O)C/C=C\CCCCCCCC1. The maximum atomic E-state index is 12.5. The summed E-state index contributed by atoms with van der Waals surface area (Å²) >= 11 is 0. The first-order chi connectivity index (χ1) is 24.2.